The van der Waals surface area contributed by atoms with Gasteiger partial charge in [0.15, 0.2) is 0 Å². The molecule has 0 amide bonds. The van der Waals surface area contributed by atoms with Crippen molar-refractivity contribution in [1.29, 1.82) is 0 Å². The number of nitrogens with one attached hydrogen (secondary N) is 1. The van der Waals surface area contributed by atoms with Crippen molar-refractivity contribution in [2.75, 3.05) is 13.2 Å². The second kappa shape index (κ2) is 7.26. The molecule has 4 heteroatoms. The van der Waals surface area contributed by atoms with Gasteiger partial charge in [-0.3, -0.25) is 4.98 Å². The predicted octanol–water partition coefficient (Wildman–Crippen LogP) is 3.57. The van der Waals surface area contributed by atoms with Crippen LogP contribution in [0.15, 0.2) is 53.3 Å². The lowest BCUT2D eigenvalue weighted by atomic mass is 10.1. The van der Waals surface area contributed by atoms with E-state index in [1.165, 1.54) is 5.56 Å². The Morgan fingerprint density at radius 2 is 2.21 bits per heavy atom. The quantitative estimate of drug-likeness (QED) is 0.826. The van der Waals surface area contributed by atoms with Crippen molar-refractivity contribution in [3.8, 4) is 5.75 Å². The van der Waals surface area contributed by atoms with Crippen molar-refractivity contribution in [3.05, 3.63) is 58.8 Å². The molecule has 2 aromatic rings. The third-order valence-electron chi connectivity index (χ3n) is 2.80. The zero-order chi connectivity index (χ0) is 13.5. The summed E-state index contributed by atoms with van der Waals surface area (Å²) in [5.74, 6) is 0.880. The van der Waals surface area contributed by atoms with Gasteiger partial charge in [-0.05, 0) is 36.8 Å². The van der Waals surface area contributed by atoms with E-state index in [4.69, 9.17) is 4.74 Å². The molecule has 0 aliphatic rings. The molecule has 0 aliphatic heterocycles. The van der Waals surface area contributed by atoms with Crippen LogP contribution in [-0.4, -0.2) is 18.1 Å². The highest BCUT2D eigenvalue weighted by molar-refractivity contribution is 9.10. The molecule has 2 rings (SSSR count). The molecule has 3 nitrogen and oxygen atoms in total. The molecule has 0 unspecified atom stereocenters. The van der Waals surface area contributed by atoms with Crippen molar-refractivity contribution < 1.29 is 4.74 Å². The first-order chi connectivity index (χ1) is 9.25. The van der Waals surface area contributed by atoms with E-state index in [0.29, 0.717) is 6.61 Å². The molecule has 19 heavy (non-hydrogen) atoms. The zero-order valence-corrected chi connectivity index (χ0v) is 12.4. The van der Waals surface area contributed by atoms with E-state index in [1.54, 1.807) is 6.20 Å². The molecule has 0 spiro atoms. The van der Waals surface area contributed by atoms with Crippen LogP contribution < -0.4 is 10.1 Å². The summed E-state index contributed by atoms with van der Waals surface area (Å²) in [5.41, 5.74) is 1.19. The van der Waals surface area contributed by atoms with Crippen LogP contribution in [0.2, 0.25) is 0 Å². The van der Waals surface area contributed by atoms with Gasteiger partial charge in [0.1, 0.15) is 12.4 Å². The van der Waals surface area contributed by atoms with Gasteiger partial charge in [0.05, 0.1) is 0 Å². The van der Waals surface area contributed by atoms with E-state index < -0.39 is 0 Å². The van der Waals surface area contributed by atoms with Gasteiger partial charge < -0.3 is 10.1 Å². The van der Waals surface area contributed by atoms with Crippen molar-refractivity contribution in [2.45, 2.75) is 13.0 Å². The number of nitrogens with zero attached hydrogens (tertiary/aromatic N) is 1. The Hall–Kier alpha value is -1.39. The van der Waals surface area contributed by atoms with Crippen molar-refractivity contribution in [2.24, 2.45) is 0 Å². The lowest BCUT2D eigenvalue weighted by Gasteiger charge is -2.14. The minimum absolute atomic E-state index is 0.278. The third-order valence-corrected chi connectivity index (χ3v) is 3.30. The molecule has 0 bridgehead atoms. The zero-order valence-electron chi connectivity index (χ0n) is 10.8. The van der Waals surface area contributed by atoms with E-state index in [-0.39, 0.29) is 6.04 Å². The van der Waals surface area contributed by atoms with E-state index in [1.807, 2.05) is 36.5 Å². The monoisotopic (exact) mass is 320 g/mol. The lowest BCUT2D eigenvalue weighted by Crippen LogP contribution is -2.24. The Bertz CT molecular complexity index is 505. The average molecular weight is 321 g/mol. The number of ether oxygens (including phenoxy) is 1. The first-order valence-electron chi connectivity index (χ1n) is 6.27. The summed E-state index contributed by atoms with van der Waals surface area (Å²) in [6.07, 6.45) is 3.67. The number of hydrogen-bond acceptors (Lipinski definition) is 3. The first kappa shape index (κ1) is 14.0. The number of aromatic nitrogens is 1. The van der Waals surface area contributed by atoms with Crippen LogP contribution in [0.4, 0.5) is 0 Å². The van der Waals surface area contributed by atoms with Gasteiger partial charge in [0.25, 0.3) is 0 Å². The molecule has 1 heterocycles. The molecule has 0 saturated carbocycles. The fourth-order valence-corrected chi connectivity index (χ4v) is 2.13. The minimum atomic E-state index is 0.278. The fourth-order valence-electron chi connectivity index (χ4n) is 1.75. The first-order valence-corrected chi connectivity index (χ1v) is 7.06. The van der Waals surface area contributed by atoms with Crippen LogP contribution >= 0.6 is 15.9 Å². The van der Waals surface area contributed by atoms with E-state index in [2.05, 4.69) is 39.2 Å². The maximum absolute atomic E-state index is 5.66. The van der Waals surface area contributed by atoms with Crippen LogP contribution in [0, 0.1) is 0 Å². The molecule has 0 fully saturated rings. The Morgan fingerprint density at radius 1 is 1.32 bits per heavy atom. The fraction of sp³-hybridized carbons (Fsp3) is 0.267. The number of benzene rings is 1. The van der Waals surface area contributed by atoms with Crippen LogP contribution in [0.1, 0.15) is 18.5 Å². The van der Waals surface area contributed by atoms with Crippen molar-refractivity contribution in [1.82, 2.24) is 10.3 Å². The molecule has 0 radical (unpaired) electrons. The number of hydrogen-bond donors (Lipinski definition) is 1. The lowest BCUT2D eigenvalue weighted by molar-refractivity contribution is 0.307. The van der Waals surface area contributed by atoms with Gasteiger partial charge in [-0.2, -0.15) is 0 Å². The third kappa shape index (κ3) is 4.65. The van der Waals surface area contributed by atoms with E-state index >= 15 is 0 Å². The van der Waals surface area contributed by atoms with Crippen LogP contribution in [-0.2, 0) is 0 Å². The molecular weight excluding hydrogens is 304 g/mol. The van der Waals surface area contributed by atoms with Gasteiger partial charge in [-0.15, -0.1) is 0 Å². The van der Waals surface area contributed by atoms with Gasteiger partial charge in [0.2, 0.25) is 0 Å². The topological polar surface area (TPSA) is 34.1 Å². The maximum atomic E-state index is 5.66. The summed E-state index contributed by atoms with van der Waals surface area (Å²) in [4.78, 5) is 4.11. The van der Waals surface area contributed by atoms with Crippen molar-refractivity contribution >= 4 is 15.9 Å². The van der Waals surface area contributed by atoms with Crippen LogP contribution in [0.5, 0.6) is 5.75 Å². The number of pyridine rings is 1. The van der Waals surface area contributed by atoms with Crippen LogP contribution in [0.25, 0.3) is 0 Å². The highest BCUT2D eigenvalue weighted by Gasteiger charge is 2.03. The summed E-state index contributed by atoms with van der Waals surface area (Å²) in [6, 6.07) is 12.2. The van der Waals surface area contributed by atoms with Gasteiger partial charge in [0, 0.05) is 29.5 Å². The molecule has 1 aromatic carbocycles. The van der Waals surface area contributed by atoms with E-state index in [9.17, 15) is 0 Å². The molecule has 1 aromatic heterocycles. The predicted molar refractivity (Wildman–Crippen MR) is 80.3 cm³/mol. The molecular formula is C15H17BrN2O. The maximum Gasteiger partial charge on any atom is 0.120 e. The minimum Gasteiger partial charge on any atom is -0.492 e. The highest BCUT2D eigenvalue weighted by Crippen LogP contribution is 2.17. The standard InChI is InChI=1S/C15H17BrN2O/c1-12(13-4-3-7-17-11-13)18-8-9-19-15-6-2-5-14(16)10-15/h2-7,10-12,18H,8-9H2,1H3/t12-/m0/s1. The molecule has 1 atom stereocenters. The van der Waals surface area contributed by atoms with Gasteiger partial charge in [-0.1, -0.05) is 28.1 Å². The summed E-state index contributed by atoms with van der Waals surface area (Å²) >= 11 is 3.42. The second-order valence-corrected chi connectivity index (χ2v) is 5.18. The molecule has 100 valence electrons. The molecule has 0 aliphatic carbocycles. The Balaban J connectivity index is 1.72. The molecule has 1 N–H and O–H groups in total. The summed E-state index contributed by atoms with van der Waals surface area (Å²) in [5, 5.41) is 3.41. The normalized spacial score (nSPS) is 12.1. The Morgan fingerprint density at radius 3 is 2.95 bits per heavy atom. The summed E-state index contributed by atoms with van der Waals surface area (Å²) < 4.78 is 6.69. The second-order valence-electron chi connectivity index (χ2n) is 4.27. The van der Waals surface area contributed by atoms with E-state index in [0.717, 1.165) is 16.8 Å². The number of rotatable bonds is 6. The van der Waals surface area contributed by atoms with Crippen molar-refractivity contribution in [3.63, 3.8) is 0 Å². The molecule has 0 saturated heterocycles. The Labute approximate surface area is 122 Å². The van der Waals surface area contributed by atoms with Gasteiger partial charge >= 0.3 is 0 Å². The van der Waals surface area contributed by atoms with Crippen LogP contribution in [0.3, 0.4) is 0 Å². The Kier molecular flexibility index (Phi) is 5.36. The highest BCUT2D eigenvalue weighted by atomic mass is 79.9. The number of halogens is 1. The SMILES string of the molecule is C[C@H](NCCOc1cccc(Br)c1)c1cccnc1. The average Bonchev–Trinajstić information content (AvgIpc) is 2.44. The smallest absolute Gasteiger partial charge is 0.120 e. The van der Waals surface area contributed by atoms with Gasteiger partial charge in [-0.25, -0.2) is 0 Å². The summed E-state index contributed by atoms with van der Waals surface area (Å²) in [6.45, 7) is 3.56. The summed E-state index contributed by atoms with van der Waals surface area (Å²) in [7, 11) is 0. The largest absolute Gasteiger partial charge is 0.492 e.